The van der Waals surface area contributed by atoms with Gasteiger partial charge in [0.25, 0.3) is 0 Å². The number of hydrogen-bond acceptors (Lipinski definition) is 1. The van der Waals surface area contributed by atoms with Crippen LogP contribution >= 0.6 is 31.9 Å². The highest BCUT2D eigenvalue weighted by Crippen LogP contribution is 2.67. The summed E-state index contributed by atoms with van der Waals surface area (Å²) in [6.45, 7) is 0. The lowest BCUT2D eigenvalue weighted by Crippen LogP contribution is -2.25. The molecule has 0 saturated heterocycles. The Kier molecular flexibility index (Phi) is 3.05. The number of aliphatic carboxylic acids is 1. The fraction of sp³-hybridized carbons (Fsp3) is 0.364. The number of hydrogen-bond donors (Lipinski definition) is 1. The van der Waals surface area contributed by atoms with Gasteiger partial charge in [0.05, 0.1) is 5.56 Å². The smallest absolute Gasteiger partial charge is 0.416 e. The van der Waals surface area contributed by atoms with E-state index in [1.165, 1.54) is 12.1 Å². The van der Waals surface area contributed by atoms with Gasteiger partial charge in [-0.05, 0) is 24.1 Å². The van der Waals surface area contributed by atoms with Crippen molar-refractivity contribution in [1.82, 2.24) is 0 Å². The van der Waals surface area contributed by atoms with Gasteiger partial charge in [-0.3, -0.25) is 4.79 Å². The van der Waals surface area contributed by atoms with E-state index in [1.807, 2.05) is 0 Å². The molecule has 7 heteroatoms. The lowest BCUT2D eigenvalue weighted by molar-refractivity contribution is -0.140. The molecular formula is C11H7Br2F3O2. The predicted octanol–water partition coefficient (Wildman–Crippen LogP) is 3.92. The third-order valence-corrected chi connectivity index (χ3v) is 4.97. The van der Waals surface area contributed by atoms with E-state index in [4.69, 9.17) is 0 Å². The molecule has 1 atom stereocenters. The number of benzene rings is 1. The van der Waals surface area contributed by atoms with Gasteiger partial charge in [0.2, 0.25) is 0 Å². The first-order valence-electron chi connectivity index (χ1n) is 4.90. The van der Waals surface area contributed by atoms with Gasteiger partial charge >= 0.3 is 12.1 Å². The molecule has 0 bridgehead atoms. The molecule has 0 aromatic heterocycles. The molecule has 1 aromatic rings. The Morgan fingerprint density at radius 1 is 1.22 bits per heavy atom. The molecule has 1 saturated carbocycles. The maximum Gasteiger partial charge on any atom is 0.416 e. The molecule has 1 fully saturated rings. The summed E-state index contributed by atoms with van der Waals surface area (Å²) in [4.78, 5) is 11.3. The topological polar surface area (TPSA) is 37.3 Å². The number of alkyl halides is 5. The summed E-state index contributed by atoms with van der Waals surface area (Å²) in [6.07, 6.45) is -4.14. The van der Waals surface area contributed by atoms with Gasteiger partial charge in [-0.15, -0.1) is 0 Å². The fourth-order valence-corrected chi connectivity index (χ4v) is 3.54. The zero-order valence-electron chi connectivity index (χ0n) is 8.76. The van der Waals surface area contributed by atoms with Crippen molar-refractivity contribution in [2.45, 2.75) is 21.2 Å². The first-order chi connectivity index (χ1) is 8.11. The van der Waals surface area contributed by atoms with Gasteiger partial charge in [0.15, 0.2) is 0 Å². The quantitative estimate of drug-likeness (QED) is 0.781. The Balaban J connectivity index is 2.39. The third kappa shape index (κ3) is 1.97. The maximum atomic E-state index is 12.4. The van der Waals surface area contributed by atoms with E-state index in [1.54, 1.807) is 0 Å². The van der Waals surface area contributed by atoms with Crippen molar-refractivity contribution in [3.8, 4) is 0 Å². The van der Waals surface area contributed by atoms with Crippen LogP contribution in [-0.2, 0) is 16.4 Å². The van der Waals surface area contributed by atoms with Crippen LogP contribution in [0.1, 0.15) is 17.5 Å². The van der Waals surface area contributed by atoms with Crippen molar-refractivity contribution in [2.24, 2.45) is 0 Å². The van der Waals surface area contributed by atoms with Crippen molar-refractivity contribution in [2.75, 3.05) is 0 Å². The SMILES string of the molecule is O=C(O)C1(c2ccc(C(F)(F)F)cc2)CC1(Br)Br. The van der Waals surface area contributed by atoms with Crippen LogP contribution in [0.2, 0.25) is 0 Å². The highest BCUT2D eigenvalue weighted by Gasteiger charge is 2.71. The van der Waals surface area contributed by atoms with Gasteiger partial charge in [0.1, 0.15) is 8.65 Å². The Morgan fingerprint density at radius 2 is 1.67 bits per heavy atom. The van der Waals surface area contributed by atoms with E-state index < -0.39 is 26.4 Å². The molecule has 2 nitrogen and oxygen atoms in total. The van der Waals surface area contributed by atoms with Crippen LogP contribution in [-0.4, -0.2) is 14.3 Å². The van der Waals surface area contributed by atoms with E-state index in [0.29, 0.717) is 5.56 Å². The standard InChI is InChI=1S/C11H7Br2F3O2/c12-10(13)5-9(10,8(17)18)6-1-3-7(4-2-6)11(14,15)16/h1-4H,5H2,(H,17,18). The second kappa shape index (κ2) is 3.96. The van der Waals surface area contributed by atoms with E-state index >= 15 is 0 Å². The molecule has 18 heavy (non-hydrogen) atoms. The summed E-state index contributed by atoms with van der Waals surface area (Å²) >= 11 is 6.44. The highest BCUT2D eigenvalue weighted by atomic mass is 79.9. The van der Waals surface area contributed by atoms with Crippen LogP contribution in [0.5, 0.6) is 0 Å². The van der Waals surface area contributed by atoms with Crippen LogP contribution in [0.25, 0.3) is 0 Å². The largest absolute Gasteiger partial charge is 0.481 e. The van der Waals surface area contributed by atoms with Gasteiger partial charge < -0.3 is 5.11 Å². The molecule has 0 amide bonds. The summed E-state index contributed by atoms with van der Waals surface area (Å²) < 4.78 is 36.4. The first kappa shape index (κ1) is 13.9. The highest BCUT2D eigenvalue weighted by molar-refractivity contribution is 9.25. The third-order valence-electron chi connectivity index (χ3n) is 3.06. The lowest BCUT2D eigenvalue weighted by Gasteiger charge is -2.15. The molecular weight excluding hydrogens is 381 g/mol. The Bertz CT molecular complexity index is 496. The van der Waals surface area contributed by atoms with Crippen molar-refractivity contribution in [3.05, 3.63) is 35.4 Å². The van der Waals surface area contributed by atoms with Gasteiger partial charge in [0, 0.05) is 0 Å². The Labute approximate surface area is 117 Å². The normalized spacial score (nSPS) is 25.8. The van der Waals surface area contributed by atoms with E-state index in [0.717, 1.165) is 12.1 Å². The molecule has 0 radical (unpaired) electrons. The molecule has 0 aliphatic heterocycles. The fourth-order valence-electron chi connectivity index (χ4n) is 1.90. The Morgan fingerprint density at radius 3 is 1.94 bits per heavy atom. The molecule has 1 N–H and O–H groups in total. The summed E-state index contributed by atoms with van der Waals surface area (Å²) in [6, 6.07) is 4.21. The van der Waals surface area contributed by atoms with Crippen molar-refractivity contribution in [3.63, 3.8) is 0 Å². The van der Waals surface area contributed by atoms with E-state index in [-0.39, 0.29) is 6.42 Å². The van der Waals surface area contributed by atoms with Crippen LogP contribution in [0.3, 0.4) is 0 Å². The summed E-state index contributed by atoms with van der Waals surface area (Å²) in [5.74, 6) is -1.07. The monoisotopic (exact) mass is 386 g/mol. The number of carbonyl (C=O) groups is 1. The van der Waals surface area contributed by atoms with Gasteiger partial charge in [-0.25, -0.2) is 0 Å². The summed E-state index contributed by atoms with van der Waals surface area (Å²) in [7, 11) is 0. The minimum Gasteiger partial charge on any atom is -0.481 e. The summed E-state index contributed by atoms with van der Waals surface area (Å²) in [5.41, 5.74) is -1.66. The van der Waals surface area contributed by atoms with Crippen LogP contribution < -0.4 is 0 Å². The van der Waals surface area contributed by atoms with Gasteiger partial charge in [-0.1, -0.05) is 44.0 Å². The average molecular weight is 388 g/mol. The predicted molar refractivity (Wildman–Crippen MR) is 66.0 cm³/mol. The van der Waals surface area contributed by atoms with Crippen molar-refractivity contribution >= 4 is 37.8 Å². The second-order valence-electron chi connectivity index (χ2n) is 4.17. The Hall–Kier alpha value is -0.560. The first-order valence-corrected chi connectivity index (χ1v) is 6.49. The molecule has 0 heterocycles. The zero-order chi connectivity index (χ0) is 13.8. The number of carboxylic acids is 1. The van der Waals surface area contributed by atoms with Crippen LogP contribution in [0.15, 0.2) is 24.3 Å². The molecule has 1 unspecified atom stereocenters. The van der Waals surface area contributed by atoms with Crippen LogP contribution in [0.4, 0.5) is 13.2 Å². The molecule has 98 valence electrons. The second-order valence-corrected chi connectivity index (χ2v) is 7.94. The van der Waals surface area contributed by atoms with Crippen molar-refractivity contribution in [1.29, 1.82) is 0 Å². The van der Waals surface area contributed by atoms with Crippen LogP contribution in [0, 0.1) is 0 Å². The van der Waals surface area contributed by atoms with E-state index in [9.17, 15) is 23.1 Å². The molecule has 0 spiro atoms. The molecule has 1 aliphatic rings. The molecule has 1 aliphatic carbocycles. The molecule has 1 aromatic carbocycles. The number of carboxylic acid groups (broad SMARTS) is 1. The number of rotatable bonds is 2. The van der Waals surface area contributed by atoms with Gasteiger partial charge in [-0.2, -0.15) is 13.2 Å². The lowest BCUT2D eigenvalue weighted by atomic mass is 9.95. The molecule has 2 rings (SSSR count). The zero-order valence-corrected chi connectivity index (χ0v) is 11.9. The minimum atomic E-state index is -4.42. The minimum absolute atomic E-state index is 0.278. The maximum absolute atomic E-state index is 12.4. The van der Waals surface area contributed by atoms with Crippen molar-refractivity contribution < 1.29 is 23.1 Å². The summed E-state index contributed by atoms with van der Waals surface area (Å²) in [5, 5.41) is 9.24. The van der Waals surface area contributed by atoms with E-state index in [2.05, 4.69) is 31.9 Å². The number of halogens is 5. The average Bonchev–Trinajstić information content (AvgIpc) is 2.82.